The van der Waals surface area contributed by atoms with E-state index in [2.05, 4.69) is 22.1 Å². The molecule has 0 spiro atoms. The van der Waals surface area contributed by atoms with Crippen LogP contribution in [0.1, 0.15) is 15.9 Å². The second-order valence-corrected chi connectivity index (χ2v) is 7.85. The summed E-state index contributed by atoms with van der Waals surface area (Å²) in [6.45, 7) is 4.33. The summed E-state index contributed by atoms with van der Waals surface area (Å²) in [6.07, 6.45) is 2.02. The second-order valence-electron chi connectivity index (χ2n) is 6.50. The van der Waals surface area contributed by atoms with Crippen LogP contribution in [-0.2, 0) is 17.8 Å². The third-order valence-corrected chi connectivity index (χ3v) is 5.79. The number of rotatable bonds is 7. The number of benzene rings is 2. The number of hydrogen-bond acceptors (Lipinski definition) is 5. The Bertz CT molecular complexity index is 1110. The summed E-state index contributed by atoms with van der Waals surface area (Å²) >= 11 is 7.57. The predicted octanol–water partition coefficient (Wildman–Crippen LogP) is 4.25. The molecule has 8 heteroatoms. The van der Waals surface area contributed by atoms with Crippen LogP contribution in [0.2, 0.25) is 5.02 Å². The molecule has 0 aliphatic carbocycles. The van der Waals surface area contributed by atoms with Crippen LogP contribution in [0.15, 0.2) is 60.3 Å². The Balaban J connectivity index is 1.55. The molecule has 4 rings (SSSR count). The highest BCUT2D eigenvalue weighted by atomic mass is 35.5. The Kier molecular flexibility index (Phi) is 5.51. The number of nitrogens with one attached hydrogen (secondary N) is 1. The lowest BCUT2D eigenvalue weighted by Gasteiger charge is -2.09. The molecule has 29 heavy (non-hydrogen) atoms. The molecular formula is C21H17ClN4O2S. The van der Waals surface area contributed by atoms with Crippen LogP contribution in [0.25, 0.3) is 11.4 Å². The zero-order valence-corrected chi connectivity index (χ0v) is 17.0. The number of thioether (sulfide) groups is 1. The zero-order valence-electron chi connectivity index (χ0n) is 15.4. The smallest absolute Gasteiger partial charge is 0.228 e. The first-order chi connectivity index (χ1) is 14.1. The van der Waals surface area contributed by atoms with Crippen LogP contribution in [0.3, 0.4) is 0 Å². The highest BCUT2D eigenvalue weighted by Gasteiger charge is 2.22. The number of Topliss-reactive ketones (excluding diaryl/α,β-unsaturated/α-hetero) is 1. The van der Waals surface area contributed by atoms with Crippen LogP contribution >= 0.6 is 23.4 Å². The third-order valence-electron chi connectivity index (χ3n) is 4.51. The number of anilines is 1. The van der Waals surface area contributed by atoms with E-state index in [9.17, 15) is 9.59 Å². The molecule has 0 radical (unpaired) electrons. The molecule has 1 aliphatic heterocycles. The molecule has 3 aromatic rings. The van der Waals surface area contributed by atoms with Gasteiger partial charge in [0.05, 0.1) is 17.2 Å². The Labute approximate surface area is 177 Å². The van der Waals surface area contributed by atoms with E-state index in [1.165, 1.54) is 11.8 Å². The van der Waals surface area contributed by atoms with Gasteiger partial charge in [0.15, 0.2) is 16.8 Å². The van der Waals surface area contributed by atoms with Gasteiger partial charge < -0.3 is 5.32 Å². The lowest BCUT2D eigenvalue weighted by molar-refractivity contribution is -0.115. The molecule has 0 atom stereocenters. The van der Waals surface area contributed by atoms with Crippen molar-refractivity contribution < 1.29 is 9.59 Å². The van der Waals surface area contributed by atoms with Crippen LogP contribution in [0.5, 0.6) is 0 Å². The van der Waals surface area contributed by atoms with E-state index in [4.69, 9.17) is 11.6 Å². The molecular weight excluding hydrogens is 408 g/mol. The minimum absolute atomic E-state index is 0.0963. The van der Waals surface area contributed by atoms with Crippen LogP contribution in [0, 0.1) is 0 Å². The van der Waals surface area contributed by atoms with Gasteiger partial charge in [0, 0.05) is 23.4 Å². The first-order valence-corrected chi connectivity index (χ1v) is 10.3. The molecule has 1 N–H and O–H groups in total. The van der Waals surface area contributed by atoms with Crippen molar-refractivity contribution in [2.75, 3.05) is 11.1 Å². The standard InChI is InChI=1S/C21H17ClN4O2S/c1-2-8-26-20(13-6-4-3-5-7-13)24-25-21(26)29-12-18(27)15-9-14-10-19(28)23-17(14)11-16(15)22/h2-7,9,11H,1,8,10,12H2,(H,23,28). The van der Waals surface area contributed by atoms with Crippen molar-refractivity contribution in [3.8, 4) is 11.4 Å². The molecule has 1 amide bonds. The van der Waals surface area contributed by atoms with Gasteiger partial charge in [-0.2, -0.15) is 0 Å². The number of nitrogens with zero attached hydrogens (tertiary/aromatic N) is 3. The number of aromatic nitrogens is 3. The van der Waals surface area contributed by atoms with Gasteiger partial charge in [-0.25, -0.2) is 0 Å². The number of fused-ring (bicyclic) bond motifs is 1. The largest absolute Gasteiger partial charge is 0.325 e. The topological polar surface area (TPSA) is 76.9 Å². The van der Waals surface area contributed by atoms with Gasteiger partial charge in [0.2, 0.25) is 5.91 Å². The molecule has 2 aromatic carbocycles. The maximum absolute atomic E-state index is 12.8. The van der Waals surface area contributed by atoms with E-state index >= 15 is 0 Å². The third kappa shape index (κ3) is 3.97. The Hall–Kier alpha value is -2.90. The van der Waals surface area contributed by atoms with Gasteiger partial charge in [-0.1, -0.05) is 59.8 Å². The fourth-order valence-corrected chi connectivity index (χ4v) is 4.26. The molecule has 6 nitrogen and oxygen atoms in total. The summed E-state index contributed by atoms with van der Waals surface area (Å²) in [5, 5.41) is 12.2. The monoisotopic (exact) mass is 424 g/mol. The highest BCUT2D eigenvalue weighted by molar-refractivity contribution is 7.99. The van der Waals surface area contributed by atoms with Crippen molar-refractivity contribution in [2.24, 2.45) is 0 Å². The number of carbonyl (C=O) groups is 2. The Morgan fingerprint density at radius 1 is 1.28 bits per heavy atom. The fourth-order valence-electron chi connectivity index (χ4n) is 3.16. The molecule has 1 aliphatic rings. The van der Waals surface area contributed by atoms with Gasteiger partial charge in [0.25, 0.3) is 0 Å². The van der Waals surface area contributed by atoms with E-state index in [-0.39, 0.29) is 23.9 Å². The van der Waals surface area contributed by atoms with Crippen molar-refractivity contribution in [1.82, 2.24) is 14.8 Å². The maximum atomic E-state index is 12.8. The lowest BCUT2D eigenvalue weighted by atomic mass is 10.1. The van der Waals surface area contributed by atoms with Crippen molar-refractivity contribution in [1.29, 1.82) is 0 Å². The summed E-state index contributed by atoms with van der Waals surface area (Å²) in [6, 6.07) is 13.1. The molecule has 146 valence electrons. The molecule has 0 bridgehead atoms. The first kappa shape index (κ1) is 19.4. The van der Waals surface area contributed by atoms with E-state index in [0.717, 1.165) is 17.0 Å². The Morgan fingerprint density at radius 3 is 2.83 bits per heavy atom. The van der Waals surface area contributed by atoms with E-state index < -0.39 is 0 Å². The van der Waals surface area contributed by atoms with Gasteiger partial charge in [-0.05, 0) is 17.7 Å². The fraction of sp³-hybridized carbons (Fsp3) is 0.143. The predicted molar refractivity (Wildman–Crippen MR) is 114 cm³/mol. The average molecular weight is 425 g/mol. The summed E-state index contributed by atoms with van der Waals surface area (Å²) < 4.78 is 1.92. The van der Waals surface area contributed by atoms with Crippen molar-refractivity contribution in [3.05, 3.63) is 71.3 Å². The van der Waals surface area contributed by atoms with E-state index in [1.54, 1.807) is 18.2 Å². The SMILES string of the molecule is C=CCn1c(SCC(=O)c2cc3c(cc2Cl)NC(=O)C3)nnc1-c1ccccc1. The number of allylic oxidation sites excluding steroid dienone is 1. The van der Waals surface area contributed by atoms with Gasteiger partial charge in [-0.15, -0.1) is 16.8 Å². The number of halogens is 1. The zero-order chi connectivity index (χ0) is 20.4. The van der Waals surface area contributed by atoms with E-state index in [1.807, 2.05) is 34.9 Å². The summed E-state index contributed by atoms with van der Waals surface area (Å²) in [5.41, 5.74) is 2.81. The maximum Gasteiger partial charge on any atom is 0.228 e. The van der Waals surface area contributed by atoms with Gasteiger partial charge in [0.1, 0.15) is 0 Å². The minimum Gasteiger partial charge on any atom is -0.325 e. The molecule has 1 aromatic heterocycles. The molecule has 2 heterocycles. The second kappa shape index (κ2) is 8.23. The van der Waals surface area contributed by atoms with Crippen LogP contribution in [0.4, 0.5) is 5.69 Å². The molecule has 0 unspecified atom stereocenters. The molecule has 0 fully saturated rings. The molecule has 0 saturated heterocycles. The highest BCUT2D eigenvalue weighted by Crippen LogP contribution is 2.31. The van der Waals surface area contributed by atoms with Crippen molar-refractivity contribution >= 4 is 40.7 Å². The van der Waals surface area contributed by atoms with Crippen LogP contribution < -0.4 is 5.32 Å². The van der Waals surface area contributed by atoms with Gasteiger partial charge in [-0.3, -0.25) is 14.2 Å². The minimum atomic E-state index is -0.128. The Morgan fingerprint density at radius 2 is 2.07 bits per heavy atom. The number of amides is 1. The average Bonchev–Trinajstić information content (AvgIpc) is 3.28. The number of ketones is 1. The number of carbonyl (C=O) groups excluding carboxylic acids is 2. The quantitative estimate of drug-likeness (QED) is 0.348. The van der Waals surface area contributed by atoms with Crippen LogP contribution in [-0.4, -0.2) is 32.2 Å². The summed E-state index contributed by atoms with van der Waals surface area (Å²) in [4.78, 5) is 24.3. The van der Waals surface area contributed by atoms with Crippen molar-refractivity contribution in [3.63, 3.8) is 0 Å². The first-order valence-electron chi connectivity index (χ1n) is 8.94. The normalized spacial score (nSPS) is 12.5. The lowest BCUT2D eigenvalue weighted by Crippen LogP contribution is -2.06. The number of hydrogen-bond donors (Lipinski definition) is 1. The van der Waals surface area contributed by atoms with E-state index in [0.29, 0.717) is 28.0 Å². The van der Waals surface area contributed by atoms with Gasteiger partial charge >= 0.3 is 0 Å². The van der Waals surface area contributed by atoms with Crippen molar-refractivity contribution in [2.45, 2.75) is 18.1 Å². The molecule has 0 saturated carbocycles. The summed E-state index contributed by atoms with van der Waals surface area (Å²) in [7, 11) is 0. The summed E-state index contributed by atoms with van der Waals surface area (Å²) in [5.74, 6) is 0.655.